The molecule has 1 aromatic heterocycles. The minimum atomic E-state index is -0.768. The van der Waals surface area contributed by atoms with E-state index in [-0.39, 0.29) is 17.6 Å². The number of nitrogens with zero attached hydrogens (tertiary/aromatic N) is 5. The maximum atomic E-state index is 12.5. The molecule has 8 heteroatoms. The molecule has 2 fully saturated rings. The molecule has 4 rings (SSSR count). The summed E-state index contributed by atoms with van der Waals surface area (Å²) in [5.41, 5.74) is 0.410. The van der Waals surface area contributed by atoms with E-state index in [0.29, 0.717) is 6.54 Å². The molecular formula is C22H28N6OS. The average molecular weight is 425 g/mol. The zero-order valence-electron chi connectivity index (χ0n) is 17.4. The van der Waals surface area contributed by atoms with Gasteiger partial charge in [0.25, 0.3) is 0 Å². The van der Waals surface area contributed by atoms with Crippen LogP contribution in [0.5, 0.6) is 0 Å². The predicted octanol–water partition coefficient (Wildman–Crippen LogP) is 2.82. The Kier molecular flexibility index (Phi) is 6.40. The van der Waals surface area contributed by atoms with Crippen LogP contribution in [0, 0.1) is 17.2 Å². The second-order valence-corrected chi connectivity index (χ2v) is 9.32. The molecule has 1 unspecified atom stereocenters. The molecule has 1 atom stereocenters. The van der Waals surface area contributed by atoms with E-state index in [0.717, 1.165) is 43.5 Å². The van der Waals surface area contributed by atoms with Gasteiger partial charge in [-0.25, -0.2) is 0 Å². The van der Waals surface area contributed by atoms with Gasteiger partial charge < -0.3 is 9.88 Å². The summed E-state index contributed by atoms with van der Waals surface area (Å²) in [7, 11) is 0. The summed E-state index contributed by atoms with van der Waals surface area (Å²) in [6, 6.07) is 12.5. The summed E-state index contributed by atoms with van der Waals surface area (Å²) in [6.07, 6.45) is 4.46. The summed E-state index contributed by atoms with van der Waals surface area (Å²) in [5, 5.41) is 22.0. The second kappa shape index (κ2) is 9.19. The first kappa shape index (κ1) is 20.9. The topological polar surface area (TPSA) is 86.8 Å². The molecule has 2 heterocycles. The van der Waals surface area contributed by atoms with Crippen molar-refractivity contribution in [2.45, 2.75) is 56.4 Å². The number of hydrogen-bond donors (Lipinski definition) is 1. The Hall–Kier alpha value is -2.37. The lowest BCUT2D eigenvalue weighted by Gasteiger charge is -2.22. The molecule has 1 aliphatic carbocycles. The third-order valence-corrected chi connectivity index (χ3v) is 6.86. The largest absolute Gasteiger partial charge is 0.337 e. The molecule has 1 saturated heterocycles. The number of carbonyl (C=O) groups excluding carboxylic acids is 1. The Balaban J connectivity index is 1.45. The van der Waals surface area contributed by atoms with Gasteiger partial charge in [-0.05, 0) is 57.2 Å². The standard InChI is InChI=1S/C22H28N6OS/c1-22(16-23,18-9-10-18)24-20(29)15-30-21-26-25-19(14-27-11-5-6-12-27)28(21)13-17-7-3-2-4-8-17/h2-4,7-8,18H,5-6,9-15H2,1H3,(H,24,29). The molecule has 1 aromatic carbocycles. The Bertz CT molecular complexity index is 913. The van der Waals surface area contributed by atoms with Gasteiger partial charge in [-0.2, -0.15) is 5.26 Å². The van der Waals surface area contributed by atoms with Crippen molar-refractivity contribution in [2.75, 3.05) is 18.8 Å². The van der Waals surface area contributed by atoms with Crippen LogP contribution in [-0.2, 0) is 17.9 Å². The van der Waals surface area contributed by atoms with Crippen molar-refractivity contribution >= 4 is 17.7 Å². The van der Waals surface area contributed by atoms with Gasteiger partial charge in [-0.1, -0.05) is 42.1 Å². The van der Waals surface area contributed by atoms with Crippen LogP contribution in [0.4, 0.5) is 0 Å². The molecule has 1 amide bonds. The molecule has 1 N–H and O–H groups in total. The number of aromatic nitrogens is 3. The van der Waals surface area contributed by atoms with Gasteiger partial charge >= 0.3 is 0 Å². The molecule has 0 spiro atoms. The number of nitrogens with one attached hydrogen (secondary N) is 1. The van der Waals surface area contributed by atoms with Crippen LogP contribution in [0.25, 0.3) is 0 Å². The van der Waals surface area contributed by atoms with Crippen molar-refractivity contribution in [1.82, 2.24) is 25.0 Å². The number of rotatable bonds is 9. The average Bonchev–Trinajstić information content (AvgIpc) is 3.39. The Morgan fingerprint density at radius 1 is 1.23 bits per heavy atom. The van der Waals surface area contributed by atoms with Gasteiger partial charge in [0.15, 0.2) is 5.16 Å². The first-order valence-corrected chi connectivity index (χ1v) is 11.6. The highest BCUT2D eigenvalue weighted by molar-refractivity contribution is 7.99. The van der Waals surface area contributed by atoms with Crippen molar-refractivity contribution in [3.8, 4) is 6.07 Å². The van der Waals surface area contributed by atoms with Gasteiger partial charge in [-0.15, -0.1) is 10.2 Å². The molecule has 30 heavy (non-hydrogen) atoms. The fourth-order valence-corrected chi connectivity index (χ4v) is 4.70. The third kappa shape index (κ3) is 5.02. The quantitative estimate of drug-likeness (QED) is 0.623. The van der Waals surface area contributed by atoms with Gasteiger partial charge in [0.2, 0.25) is 5.91 Å². The smallest absolute Gasteiger partial charge is 0.231 e. The van der Waals surface area contributed by atoms with Crippen LogP contribution in [0.15, 0.2) is 35.5 Å². The summed E-state index contributed by atoms with van der Waals surface area (Å²) in [5.74, 6) is 1.29. The number of nitriles is 1. The number of amides is 1. The Labute approximate surface area is 181 Å². The highest BCUT2D eigenvalue weighted by Gasteiger charge is 2.43. The van der Waals surface area contributed by atoms with E-state index < -0.39 is 5.54 Å². The van der Waals surface area contributed by atoms with E-state index in [1.54, 1.807) is 0 Å². The Morgan fingerprint density at radius 2 is 1.97 bits per heavy atom. The number of carbonyl (C=O) groups is 1. The lowest BCUT2D eigenvalue weighted by atomic mass is 9.98. The van der Waals surface area contributed by atoms with E-state index in [4.69, 9.17) is 0 Å². The highest BCUT2D eigenvalue weighted by Crippen LogP contribution is 2.39. The van der Waals surface area contributed by atoms with Crippen LogP contribution in [0.3, 0.4) is 0 Å². The minimum Gasteiger partial charge on any atom is -0.337 e. The van der Waals surface area contributed by atoms with Crippen molar-refractivity contribution in [2.24, 2.45) is 5.92 Å². The van der Waals surface area contributed by atoms with Crippen LogP contribution in [0.2, 0.25) is 0 Å². The van der Waals surface area contributed by atoms with Gasteiger partial charge in [-0.3, -0.25) is 9.69 Å². The van der Waals surface area contributed by atoms with Crippen molar-refractivity contribution in [1.29, 1.82) is 5.26 Å². The molecule has 0 radical (unpaired) electrons. The lowest BCUT2D eigenvalue weighted by Crippen LogP contribution is -2.47. The summed E-state index contributed by atoms with van der Waals surface area (Å²) in [6.45, 7) is 5.47. The summed E-state index contributed by atoms with van der Waals surface area (Å²) in [4.78, 5) is 14.9. The summed E-state index contributed by atoms with van der Waals surface area (Å²) < 4.78 is 2.12. The second-order valence-electron chi connectivity index (χ2n) is 8.38. The van der Waals surface area contributed by atoms with E-state index in [9.17, 15) is 10.1 Å². The van der Waals surface area contributed by atoms with Crippen molar-refractivity contribution in [3.05, 3.63) is 41.7 Å². The van der Waals surface area contributed by atoms with Gasteiger partial charge in [0.05, 0.1) is 24.9 Å². The van der Waals surface area contributed by atoms with Crippen molar-refractivity contribution in [3.63, 3.8) is 0 Å². The number of likely N-dealkylation sites (tertiary alicyclic amines) is 1. The Morgan fingerprint density at radius 3 is 2.63 bits per heavy atom. The van der Waals surface area contributed by atoms with E-state index in [2.05, 4.69) is 43.2 Å². The van der Waals surface area contributed by atoms with E-state index >= 15 is 0 Å². The highest BCUT2D eigenvalue weighted by atomic mass is 32.2. The molecule has 1 saturated carbocycles. The van der Waals surface area contributed by atoms with Gasteiger partial charge in [0, 0.05) is 0 Å². The maximum Gasteiger partial charge on any atom is 0.231 e. The number of thioether (sulfide) groups is 1. The van der Waals surface area contributed by atoms with E-state index in [1.165, 1.54) is 30.2 Å². The van der Waals surface area contributed by atoms with Gasteiger partial charge in [0.1, 0.15) is 11.4 Å². The fourth-order valence-electron chi connectivity index (χ4n) is 3.95. The zero-order valence-corrected chi connectivity index (χ0v) is 18.2. The first-order valence-electron chi connectivity index (χ1n) is 10.6. The minimum absolute atomic E-state index is 0.133. The molecular weight excluding hydrogens is 396 g/mol. The number of hydrogen-bond acceptors (Lipinski definition) is 6. The van der Waals surface area contributed by atoms with Crippen LogP contribution in [0.1, 0.15) is 44.0 Å². The molecule has 158 valence electrons. The van der Waals surface area contributed by atoms with E-state index in [1.807, 2.05) is 25.1 Å². The normalized spacial score (nSPS) is 18.7. The first-order chi connectivity index (χ1) is 14.6. The van der Waals surface area contributed by atoms with Crippen LogP contribution in [-0.4, -0.2) is 50.0 Å². The lowest BCUT2D eigenvalue weighted by molar-refractivity contribution is -0.119. The fraction of sp³-hybridized carbons (Fsp3) is 0.545. The van der Waals surface area contributed by atoms with Crippen LogP contribution < -0.4 is 5.32 Å². The summed E-state index contributed by atoms with van der Waals surface area (Å²) >= 11 is 1.39. The third-order valence-electron chi connectivity index (χ3n) is 5.90. The molecule has 7 nitrogen and oxygen atoms in total. The van der Waals surface area contributed by atoms with Crippen molar-refractivity contribution < 1.29 is 4.79 Å². The SMILES string of the molecule is CC(C#N)(NC(=O)CSc1nnc(CN2CCCC2)n1Cc1ccccc1)C1CC1. The zero-order chi connectivity index (χ0) is 21.0. The molecule has 2 aromatic rings. The molecule has 1 aliphatic heterocycles. The molecule has 2 aliphatic rings. The van der Waals surface area contributed by atoms with Crippen LogP contribution >= 0.6 is 11.8 Å². The maximum absolute atomic E-state index is 12.5. The molecule has 0 bridgehead atoms. The monoisotopic (exact) mass is 424 g/mol. The number of benzene rings is 1. The predicted molar refractivity (Wildman–Crippen MR) is 116 cm³/mol.